The van der Waals surface area contributed by atoms with E-state index in [0.29, 0.717) is 17.4 Å². The standard InChI is InChI=1S/C15H12Cl2N2O2S/c16-12-6-7-13(17)14(10-12)22(20,21)19-9-8-18-15(19)11-4-2-1-3-5-11/h1-7,10H,8-9H2. The van der Waals surface area contributed by atoms with E-state index in [1.54, 1.807) is 6.07 Å². The number of benzene rings is 2. The van der Waals surface area contributed by atoms with Crippen LogP contribution in [-0.2, 0) is 10.0 Å². The molecule has 22 heavy (non-hydrogen) atoms. The Bertz CT molecular complexity index is 836. The molecular formula is C15H12Cl2N2O2S. The van der Waals surface area contributed by atoms with Gasteiger partial charge >= 0.3 is 0 Å². The van der Waals surface area contributed by atoms with Gasteiger partial charge in [-0.1, -0.05) is 53.5 Å². The molecule has 7 heteroatoms. The van der Waals surface area contributed by atoms with Gasteiger partial charge in [-0.25, -0.2) is 12.7 Å². The van der Waals surface area contributed by atoms with E-state index in [1.807, 2.05) is 30.3 Å². The number of hydrogen-bond donors (Lipinski definition) is 0. The number of halogens is 2. The normalized spacial score (nSPS) is 15.0. The van der Waals surface area contributed by atoms with Crippen molar-refractivity contribution < 1.29 is 8.42 Å². The van der Waals surface area contributed by atoms with Crippen molar-refractivity contribution in [3.63, 3.8) is 0 Å². The fourth-order valence-corrected chi connectivity index (χ4v) is 4.47. The zero-order chi connectivity index (χ0) is 15.7. The lowest BCUT2D eigenvalue weighted by Crippen LogP contribution is -2.35. The maximum Gasteiger partial charge on any atom is 0.267 e. The van der Waals surface area contributed by atoms with Gasteiger partial charge < -0.3 is 0 Å². The Morgan fingerprint density at radius 2 is 1.77 bits per heavy atom. The van der Waals surface area contributed by atoms with E-state index < -0.39 is 10.0 Å². The van der Waals surface area contributed by atoms with Crippen molar-refractivity contribution in [2.75, 3.05) is 13.1 Å². The van der Waals surface area contributed by atoms with E-state index in [2.05, 4.69) is 4.99 Å². The Balaban J connectivity index is 2.06. The van der Waals surface area contributed by atoms with Crippen molar-refractivity contribution in [1.82, 2.24) is 4.31 Å². The Kier molecular flexibility index (Phi) is 4.12. The molecule has 0 N–H and O–H groups in total. The molecular weight excluding hydrogens is 343 g/mol. The molecule has 0 radical (unpaired) electrons. The minimum absolute atomic E-state index is 0.00722. The molecule has 0 amide bonds. The SMILES string of the molecule is O=S(=O)(c1cc(Cl)ccc1Cl)N1CCN=C1c1ccccc1. The maximum atomic E-state index is 12.9. The minimum atomic E-state index is -3.80. The number of nitrogens with zero attached hydrogens (tertiary/aromatic N) is 2. The Morgan fingerprint density at radius 3 is 2.50 bits per heavy atom. The van der Waals surface area contributed by atoms with Gasteiger partial charge in [0.2, 0.25) is 0 Å². The van der Waals surface area contributed by atoms with Crippen molar-refractivity contribution in [3.05, 3.63) is 64.1 Å². The van der Waals surface area contributed by atoms with Gasteiger partial charge in [0.25, 0.3) is 10.0 Å². The van der Waals surface area contributed by atoms with Gasteiger partial charge in [-0.2, -0.15) is 0 Å². The molecule has 0 spiro atoms. The summed E-state index contributed by atoms with van der Waals surface area (Å²) in [6.07, 6.45) is 0. The summed E-state index contributed by atoms with van der Waals surface area (Å²) >= 11 is 12.0. The minimum Gasteiger partial charge on any atom is -0.265 e. The van der Waals surface area contributed by atoms with Crippen LogP contribution in [0, 0.1) is 0 Å². The smallest absolute Gasteiger partial charge is 0.265 e. The molecule has 0 unspecified atom stereocenters. The van der Waals surface area contributed by atoms with Gasteiger partial charge in [0.05, 0.1) is 18.1 Å². The maximum absolute atomic E-state index is 12.9. The van der Waals surface area contributed by atoms with Gasteiger partial charge in [-0.3, -0.25) is 4.99 Å². The second kappa shape index (κ2) is 5.91. The van der Waals surface area contributed by atoms with Crippen LogP contribution in [0.5, 0.6) is 0 Å². The molecule has 4 nitrogen and oxygen atoms in total. The lowest BCUT2D eigenvalue weighted by atomic mass is 10.2. The first-order valence-corrected chi connectivity index (χ1v) is 8.77. The van der Waals surface area contributed by atoms with E-state index in [-0.39, 0.29) is 16.5 Å². The number of aliphatic imine (C=N–C) groups is 1. The number of hydrogen-bond acceptors (Lipinski definition) is 3. The lowest BCUT2D eigenvalue weighted by Gasteiger charge is -2.21. The molecule has 1 aliphatic rings. The van der Waals surface area contributed by atoms with E-state index in [0.717, 1.165) is 5.56 Å². The highest BCUT2D eigenvalue weighted by molar-refractivity contribution is 7.89. The summed E-state index contributed by atoms with van der Waals surface area (Å²) in [6, 6.07) is 13.6. The van der Waals surface area contributed by atoms with Crippen LogP contribution < -0.4 is 0 Å². The average molecular weight is 355 g/mol. The number of amidine groups is 1. The molecule has 3 rings (SSSR count). The van der Waals surface area contributed by atoms with Crippen LogP contribution in [-0.4, -0.2) is 31.6 Å². The van der Waals surface area contributed by atoms with E-state index >= 15 is 0 Å². The topological polar surface area (TPSA) is 49.7 Å². The van der Waals surface area contributed by atoms with Gasteiger partial charge in [-0.05, 0) is 18.2 Å². The highest BCUT2D eigenvalue weighted by atomic mass is 35.5. The third kappa shape index (κ3) is 2.72. The van der Waals surface area contributed by atoms with E-state index in [1.165, 1.54) is 16.4 Å². The predicted octanol–water partition coefficient (Wildman–Crippen LogP) is 3.44. The monoisotopic (exact) mass is 354 g/mol. The van der Waals surface area contributed by atoms with Gasteiger partial charge in [0, 0.05) is 10.6 Å². The van der Waals surface area contributed by atoms with E-state index in [4.69, 9.17) is 23.2 Å². The van der Waals surface area contributed by atoms with Crippen LogP contribution >= 0.6 is 23.2 Å². The molecule has 1 aliphatic heterocycles. The summed E-state index contributed by atoms with van der Waals surface area (Å²) in [5, 5.41) is 0.462. The fraction of sp³-hybridized carbons (Fsp3) is 0.133. The Morgan fingerprint density at radius 1 is 1.05 bits per heavy atom. The van der Waals surface area contributed by atoms with E-state index in [9.17, 15) is 8.42 Å². The second-order valence-corrected chi connectivity index (χ2v) is 7.40. The fourth-order valence-electron chi connectivity index (χ4n) is 2.28. The zero-order valence-corrected chi connectivity index (χ0v) is 13.7. The lowest BCUT2D eigenvalue weighted by molar-refractivity contribution is 0.538. The van der Waals surface area contributed by atoms with Gasteiger partial charge in [-0.15, -0.1) is 0 Å². The van der Waals surface area contributed by atoms with Crippen LogP contribution in [0.2, 0.25) is 10.0 Å². The molecule has 1 heterocycles. The first kappa shape index (κ1) is 15.3. The Hall–Kier alpha value is -1.56. The number of sulfonamides is 1. The average Bonchev–Trinajstić information content (AvgIpc) is 3.01. The van der Waals surface area contributed by atoms with Crippen molar-refractivity contribution >= 4 is 39.1 Å². The molecule has 0 atom stereocenters. The van der Waals surface area contributed by atoms with Crippen LogP contribution in [0.15, 0.2) is 58.4 Å². The van der Waals surface area contributed by atoms with Crippen LogP contribution in [0.3, 0.4) is 0 Å². The highest BCUT2D eigenvalue weighted by Gasteiger charge is 2.32. The zero-order valence-electron chi connectivity index (χ0n) is 11.4. The molecule has 0 saturated carbocycles. The Labute approximate surface area is 139 Å². The second-order valence-electron chi connectivity index (χ2n) is 4.72. The van der Waals surface area contributed by atoms with Crippen molar-refractivity contribution in [3.8, 4) is 0 Å². The summed E-state index contributed by atoms with van der Waals surface area (Å²) in [6.45, 7) is 0.705. The molecule has 2 aromatic carbocycles. The van der Waals surface area contributed by atoms with Crippen LogP contribution in [0.1, 0.15) is 5.56 Å². The molecule has 114 valence electrons. The van der Waals surface area contributed by atoms with Crippen LogP contribution in [0.25, 0.3) is 0 Å². The van der Waals surface area contributed by atoms with Crippen molar-refractivity contribution in [2.45, 2.75) is 4.90 Å². The third-order valence-electron chi connectivity index (χ3n) is 3.29. The molecule has 0 aromatic heterocycles. The predicted molar refractivity (Wildman–Crippen MR) is 88.2 cm³/mol. The van der Waals surface area contributed by atoms with Gasteiger partial charge in [0.15, 0.2) is 0 Å². The first-order valence-electron chi connectivity index (χ1n) is 6.58. The molecule has 0 fully saturated rings. The summed E-state index contributed by atoms with van der Waals surface area (Å²) in [5.41, 5.74) is 0.752. The highest BCUT2D eigenvalue weighted by Crippen LogP contribution is 2.29. The number of rotatable bonds is 3. The molecule has 0 aliphatic carbocycles. The van der Waals surface area contributed by atoms with Crippen molar-refractivity contribution in [2.24, 2.45) is 4.99 Å². The summed E-state index contributed by atoms with van der Waals surface area (Å²) in [5.74, 6) is 0.427. The molecule has 0 bridgehead atoms. The third-order valence-corrected chi connectivity index (χ3v) is 5.80. The van der Waals surface area contributed by atoms with Crippen LogP contribution in [0.4, 0.5) is 0 Å². The van der Waals surface area contributed by atoms with Gasteiger partial charge in [0.1, 0.15) is 10.7 Å². The molecule has 2 aromatic rings. The summed E-state index contributed by atoms with van der Waals surface area (Å²) in [4.78, 5) is 4.31. The first-order chi connectivity index (χ1) is 10.5. The summed E-state index contributed by atoms with van der Waals surface area (Å²) in [7, 11) is -3.80. The summed E-state index contributed by atoms with van der Waals surface area (Å²) < 4.78 is 27.1. The van der Waals surface area contributed by atoms with Crippen molar-refractivity contribution in [1.29, 1.82) is 0 Å². The molecule has 0 saturated heterocycles. The quantitative estimate of drug-likeness (QED) is 0.847. The largest absolute Gasteiger partial charge is 0.267 e.